The molecule has 0 unspecified atom stereocenters. The summed E-state index contributed by atoms with van der Waals surface area (Å²) in [4.78, 5) is 19.0. The Kier molecular flexibility index (Phi) is 4.78. The third kappa shape index (κ3) is 3.01. The monoisotopic (exact) mass is 468 g/mol. The van der Waals surface area contributed by atoms with E-state index < -0.39 is 0 Å². The molecule has 2 aromatic heterocycles. The zero-order chi connectivity index (χ0) is 25.2. The number of unbranched alkanes of at least 4 members (excludes halogenated alkanes) is 1. The van der Waals surface area contributed by atoms with Crippen molar-refractivity contribution in [2.75, 3.05) is 0 Å². The van der Waals surface area contributed by atoms with Crippen molar-refractivity contribution in [1.82, 2.24) is 19.9 Å². The molecule has 4 aromatic carbocycles. The van der Waals surface area contributed by atoms with Crippen LogP contribution in [0, 0.1) is 29.6 Å². The van der Waals surface area contributed by atoms with Crippen LogP contribution >= 0.6 is 0 Å². The Labute approximate surface area is 208 Å². The molecule has 0 bridgehead atoms. The van der Waals surface area contributed by atoms with Gasteiger partial charge >= 0.3 is 0 Å². The molecule has 2 heterocycles. The molecule has 174 valence electrons. The topological polar surface area (TPSA) is 99.1 Å². The van der Waals surface area contributed by atoms with Crippen LogP contribution in [0.5, 0.6) is 0 Å². The Balaban J connectivity index is 1.94. The zero-order valence-electron chi connectivity index (χ0n) is 20.8. The number of benzene rings is 4. The van der Waals surface area contributed by atoms with Gasteiger partial charge < -0.3 is 0 Å². The first-order valence-corrected chi connectivity index (χ1v) is 12.3. The summed E-state index contributed by atoms with van der Waals surface area (Å²) >= 11 is 0. The second kappa shape index (κ2) is 7.80. The smallest absolute Gasteiger partial charge is 0.177 e. The molecule has 0 saturated heterocycles. The van der Waals surface area contributed by atoms with Crippen LogP contribution in [0.3, 0.4) is 0 Å². The lowest BCUT2D eigenvalue weighted by atomic mass is 9.78. The molecule has 6 aromatic rings. The highest BCUT2D eigenvalue weighted by molar-refractivity contribution is 6.38. The lowest BCUT2D eigenvalue weighted by molar-refractivity contribution is 0.458. The maximum Gasteiger partial charge on any atom is 0.177 e. The Bertz CT molecular complexity index is 1940. The molecule has 0 saturated carbocycles. The highest BCUT2D eigenvalue weighted by Crippen LogP contribution is 2.45. The average molecular weight is 469 g/mol. The molecular weight excluding hydrogens is 444 g/mol. The fourth-order valence-electron chi connectivity index (χ4n) is 5.57. The number of rotatable bonds is 4. The van der Waals surface area contributed by atoms with E-state index in [4.69, 9.17) is 19.9 Å². The van der Waals surface area contributed by atoms with E-state index in [0.29, 0.717) is 11.0 Å². The van der Waals surface area contributed by atoms with Crippen LogP contribution in [0.4, 0.5) is 0 Å². The molecule has 0 spiro atoms. The van der Waals surface area contributed by atoms with Gasteiger partial charge in [-0.1, -0.05) is 33.6 Å². The van der Waals surface area contributed by atoms with Crippen LogP contribution in [0.1, 0.15) is 62.5 Å². The van der Waals surface area contributed by atoms with Gasteiger partial charge in [-0.15, -0.1) is 0 Å². The van der Waals surface area contributed by atoms with Crippen LogP contribution in [-0.4, -0.2) is 19.9 Å². The number of aromatic nitrogens is 4. The van der Waals surface area contributed by atoms with Crippen molar-refractivity contribution in [3.05, 3.63) is 59.2 Å². The quantitative estimate of drug-likeness (QED) is 0.204. The summed E-state index contributed by atoms with van der Waals surface area (Å²) in [5, 5.41) is 25.4. The summed E-state index contributed by atoms with van der Waals surface area (Å²) in [7, 11) is 0. The molecule has 0 atom stereocenters. The van der Waals surface area contributed by atoms with Crippen molar-refractivity contribution < 1.29 is 0 Å². The summed E-state index contributed by atoms with van der Waals surface area (Å²) in [6.45, 7) is 8.80. The van der Waals surface area contributed by atoms with Crippen molar-refractivity contribution in [3.63, 3.8) is 0 Å². The van der Waals surface area contributed by atoms with Crippen LogP contribution in [0.15, 0.2) is 36.7 Å². The van der Waals surface area contributed by atoms with Gasteiger partial charge in [-0.05, 0) is 54.2 Å². The first-order chi connectivity index (χ1) is 17.4. The van der Waals surface area contributed by atoms with Crippen LogP contribution < -0.4 is 0 Å². The molecule has 0 fully saturated rings. The molecule has 36 heavy (non-hydrogen) atoms. The first-order valence-electron chi connectivity index (χ1n) is 12.3. The van der Waals surface area contributed by atoms with Crippen LogP contribution in [0.2, 0.25) is 0 Å². The molecule has 0 radical (unpaired) electrons. The van der Waals surface area contributed by atoms with Crippen molar-refractivity contribution in [2.45, 2.75) is 52.4 Å². The molecule has 0 N–H and O–H groups in total. The first kappa shape index (κ1) is 22.1. The van der Waals surface area contributed by atoms with Gasteiger partial charge in [-0.3, -0.25) is 9.97 Å². The molecule has 0 aliphatic carbocycles. The Hall–Kier alpha value is -4.42. The Morgan fingerprint density at radius 1 is 0.750 bits per heavy atom. The van der Waals surface area contributed by atoms with E-state index in [1.807, 2.05) is 6.92 Å². The van der Waals surface area contributed by atoms with E-state index in [1.54, 1.807) is 12.4 Å². The third-order valence-electron chi connectivity index (χ3n) is 7.43. The van der Waals surface area contributed by atoms with Gasteiger partial charge in [0.2, 0.25) is 0 Å². The lowest BCUT2D eigenvalue weighted by Gasteiger charge is -2.27. The Morgan fingerprint density at radius 2 is 1.22 bits per heavy atom. The van der Waals surface area contributed by atoms with E-state index in [1.165, 1.54) is 5.56 Å². The summed E-state index contributed by atoms with van der Waals surface area (Å²) in [5.41, 5.74) is 5.26. The SMILES string of the molecule is CCCCC(C)(C)c1cc2c3nccnc3c3cc(C)cc4c5nc(C#N)c(C#N)nc5c(c1)c2c34. The fourth-order valence-corrected chi connectivity index (χ4v) is 5.57. The van der Waals surface area contributed by atoms with Gasteiger partial charge in [-0.2, -0.15) is 10.5 Å². The predicted octanol–water partition coefficient (Wildman–Crippen LogP) is 6.99. The van der Waals surface area contributed by atoms with Crippen molar-refractivity contribution in [1.29, 1.82) is 10.5 Å². The molecular formula is C30H24N6. The van der Waals surface area contributed by atoms with E-state index >= 15 is 0 Å². The summed E-state index contributed by atoms with van der Waals surface area (Å²) < 4.78 is 0. The minimum absolute atomic E-state index is 0.0469. The summed E-state index contributed by atoms with van der Waals surface area (Å²) in [5.74, 6) is 0. The number of aryl methyl sites for hydroxylation is 1. The van der Waals surface area contributed by atoms with E-state index in [9.17, 15) is 10.5 Å². The number of hydrogen-bond acceptors (Lipinski definition) is 6. The minimum Gasteiger partial charge on any atom is -0.252 e. The summed E-state index contributed by atoms with van der Waals surface area (Å²) in [6.07, 6.45) is 6.78. The maximum absolute atomic E-state index is 9.74. The van der Waals surface area contributed by atoms with Crippen LogP contribution in [0.25, 0.3) is 54.4 Å². The maximum atomic E-state index is 9.74. The second-order valence-corrected chi connectivity index (χ2v) is 10.3. The largest absolute Gasteiger partial charge is 0.252 e. The lowest BCUT2D eigenvalue weighted by Crippen LogP contribution is -2.17. The van der Waals surface area contributed by atoms with Gasteiger partial charge in [0.15, 0.2) is 11.4 Å². The number of nitriles is 2. The normalized spacial score (nSPS) is 12.2. The van der Waals surface area contributed by atoms with E-state index in [-0.39, 0.29) is 16.8 Å². The molecule has 0 amide bonds. The zero-order valence-corrected chi connectivity index (χ0v) is 20.8. The molecule has 6 heteroatoms. The van der Waals surface area contributed by atoms with Gasteiger partial charge in [0.25, 0.3) is 0 Å². The van der Waals surface area contributed by atoms with Gasteiger partial charge in [-0.25, -0.2) is 9.97 Å². The highest BCUT2D eigenvalue weighted by Gasteiger charge is 2.26. The molecule has 0 aliphatic heterocycles. The van der Waals surface area contributed by atoms with E-state index in [2.05, 4.69) is 57.2 Å². The standard InChI is InChI=1S/C30H24N6/c1-5-6-7-30(3,4)17-12-20-25-21(13-17)29-28(35-22(14-31)23(15-32)36-29)19-11-16(2)10-18(24(19)25)26-27(20)34-9-8-33-26/h8-13H,5-7H2,1-4H3. The van der Waals surface area contributed by atoms with Crippen molar-refractivity contribution in [3.8, 4) is 12.1 Å². The molecule has 6 nitrogen and oxygen atoms in total. The minimum atomic E-state index is -0.0734. The van der Waals surface area contributed by atoms with Gasteiger partial charge in [0.05, 0.1) is 22.1 Å². The predicted molar refractivity (Wildman–Crippen MR) is 143 cm³/mol. The Morgan fingerprint density at radius 3 is 1.72 bits per heavy atom. The highest BCUT2D eigenvalue weighted by atomic mass is 14.8. The third-order valence-corrected chi connectivity index (χ3v) is 7.43. The fraction of sp³-hybridized carbons (Fsp3) is 0.267. The summed E-state index contributed by atoms with van der Waals surface area (Å²) in [6, 6.07) is 12.8. The number of nitrogens with zero attached hydrogens (tertiary/aromatic N) is 6. The van der Waals surface area contributed by atoms with Crippen LogP contribution in [-0.2, 0) is 5.41 Å². The number of hydrogen-bond donors (Lipinski definition) is 0. The van der Waals surface area contributed by atoms with E-state index in [0.717, 1.165) is 68.2 Å². The molecule has 0 aliphatic rings. The second-order valence-electron chi connectivity index (χ2n) is 10.3. The molecule has 6 rings (SSSR count). The number of fused-ring (bicyclic) bond motifs is 6. The average Bonchev–Trinajstić information content (AvgIpc) is 2.90. The van der Waals surface area contributed by atoms with Gasteiger partial charge in [0, 0.05) is 44.7 Å². The van der Waals surface area contributed by atoms with Gasteiger partial charge in [0.1, 0.15) is 12.1 Å². The van der Waals surface area contributed by atoms with Crippen molar-refractivity contribution in [2.24, 2.45) is 0 Å². The van der Waals surface area contributed by atoms with Crippen molar-refractivity contribution >= 4 is 54.4 Å².